The maximum Gasteiger partial charge on any atom is 0.262 e. The molecule has 0 saturated carbocycles. The summed E-state index contributed by atoms with van der Waals surface area (Å²) in [5, 5.41) is 2.60. The Morgan fingerprint density at radius 1 is 1.24 bits per heavy atom. The molecule has 0 aliphatic heterocycles. The third-order valence-corrected chi connectivity index (χ3v) is 3.13. The monoisotopic (exact) mass is 351 g/mol. The lowest BCUT2D eigenvalue weighted by molar-refractivity contribution is -0.118. The Kier molecular flexibility index (Phi) is 5.05. The van der Waals surface area contributed by atoms with Gasteiger partial charge in [0, 0.05) is 10.2 Å². The number of carbonyl (C=O) groups excluding carboxylic acids is 2. The number of halogens is 2. The zero-order chi connectivity index (χ0) is 15.2. The molecule has 108 valence electrons. The van der Waals surface area contributed by atoms with E-state index in [2.05, 4.69) is 21.2 Å². The summed E-state index contributed by atoms with van der Waals surface area (Å²) in [4.78, 5) is 22.5. The Balaban J connectivity index is 1.98. The van der Waals surface area contributed by atoms with Gasteiger partial charge in [-0.2, -0.15) is 0 Å². The summed E-state index contributed by atoms with van der Waals surface area (Å²) in [5.74, 6) is -1.35. The molecule has 2 aromatic rings. The van der Waals surface area contributed by atoms with E-state index in [9.17, 15) is 14.0 Å². The predicted molar refractivity (Wildman–Crippen MR) is 80.1 cm³/mol. The van der Waals surface area contributed by atoms with Crippen molar-refractivity contribution >= 4 is 33.8 Å². The fourth-order valence-corrected chi connectivity index (χ4v) is 1.90. The fraction of sp³-hybridized carbons (Fsp3) is 0.0667. The number of hydrogen-bond acceptors (Lipinski definition) is 3. The van der Waals surface area contributed by atoms with Gasteiger partial charge in [-0.05, 0) is 36.4 Å². The normalized spacial score (nSPS) is 10.0. The van der Waals surface area contributed by atoms with E-state index in [1.807, 2.05) is 0 Å². The summed E-state index contributed by atoms with van der Waals surface area (Å²) in [6, 6.07) is 10.9. The fourth-order valence-electron chi connectivity index (χ4n) is 1.64. The summed E-state index contributed by atoms with van der Waals surface area (Å²) < 4.78 is 19.5. The Bertz CT molecular complexity index is 658. The van der Waals surface area contributed by atoms with Gasteiger partial charge in [0.2, 0.25) is 0 Å². The van der Waals surface area contributed by atoms with Crippen molar-refractivity contribution in [2.24, 2.45) is 0 Å². The first-order valence-corrected chi connectivity index (χ1v) is 6.81. The van der Waals surface area contributed by atoms with E-state index in [1.165, 1.54) is 12.1 Å². The van der Waals surface area contributed by atoms with E-state index in [1.54, 1.807) is 24.3 Å². The highest BCUT2D eigenvalue weighted by atomic mass is 79.9. The molecule has 0 fully saturated rings. The highest BCUT2D eigenvalue weighted by molar-refractivity contribution is 9.10. The van der Waals surface area contributed by atoms with Gasteiger partial charge < -0.3 is 10.1 Å². The lowest BCUT2D eigenvalue weighted by Gasteiger charge is -2.09. The molecule has 0 aromatic heterocycles. The molecule has 21 heavy (non-hydrogen) atoms. The smallest absolute Gasteiger partial charge is 0.262 e. The van der Waals surface area contributed by atoms with Crippen LogP contribution in [0.5, 0.6) is 5.75 Å². The lowest BCUT2D eigenvalue weighted by atomic mass is 10.2. The molecule has 4 nitrogen and oxygen atoms in total. The number of amides is 1. The Hall–Kier alpha value is -2.21. The molecule has 2 aromatic carbocycles. The van der Waals surface area contributed by atoms with Crippen LogP contribution in [-0.2, 0) is 4.79 Å². The molecule has 0 atom stereocenters. The van der Waals surface area contributed by atoms with Crippen molar-refractivity contribution in [2.75, 3.05) is 11.9 Å². The van der Waals surface area contributed by atoms with Crippen LogP contribution in [-0.4, -0.2) is 18.8 Å². The minimum absolute atomic E-state index is 0.0615. The molecule has 0 heterocycles. The van der Waals surface area contributed by atoms with Crippen molar-refractivity contribution in [3.8, 4) is 5.75 Å². The first-order valence-electron chi connectivity index (χ1n) is 6.02. The van der Waals surface area contributed by atoms with Crippen LogP contribution in [0.15, 0.2) is 46.9 Å². The molecule has 1 amide bonds. The number of benzene rings is 2. The van der Waals surface area contributed by atoms with Crippen molar-refractivity contribution in [1.29, 1.82) is 0 Å². The van der Waals surface area contributed by atoms with Crippen LogP contribution in [0.1, 0.15) is 10.4 Å². The third kappa shape index (κ3) is 4.13. The standard InChI is InChI=1S/C15H11BrFNO3/c16-11-4-6-12(7-5-11)18-14(20)9-21-15-10(8-19)2-1-3-13(15)17/h1-8H,9H2,(H,18,20). The van der Waals surface area contributed by atoms with Gasteiger partial charge in [0.1, 0.15) is 0 Å². The molecule has 0 saturated heterocycles. The number of aldehydes is 1. The second-order valence-electron chi connectivity index (χ2n) is 4.12. The number of para-hydroxylation sites is 1. The largest absolute Gasteiger partial charge is 0.480 e. The van der Waals surface area contributed by atoms with E-state index in [0.717, 1.165) is 10.5 Å². The van der Waals surface area contributed by atoms with Crippen LogP contribution in [0.25, 0.3) is 0 Å². The molecule has 6 heteroatoms. The highest BCUT2D eigenvalue weighted by Gasteiger charge is 2.11. The van der Waals surface area contributed by atoms with E-state index < -0.39 is 18.3 Å². The zero-order valence-electron chi connectivity index (χ0n) is 10.8. The molecule has 0 radical (unpaired) electrons. The van der Waals surface area contributed by atoms with Gasteiger partial charge in [-0.15, -0.1) is 0 Å². The molecule has 0 bridgehead atoms. The first kappa shape index (κ1) is 15.2. The van der Waals surface area contributed by atoms with Crippen LogP contribution in [0.4, 0.5) is 10.1 Å². The Morgan fingerprint density at radius 2 is 1.95 bits per heavy atom. The summed E-state index contributed by atoms with van der Waals surface area (Å²) in [5.41, 5.74) is 0.655. The van der Waals surface area contributed by atoms with Crippen LogP contribution in [0.2, 0.25) is 0 Å². The van der Waals surface area contributed by atoms with Crippen molar-refractivity contribution in [3.63, 3.8) is 0 Å². The van der Waals surface area contributed by atoms with Crippen LogP contribution >= 0.6 is 15.9 Å². The first-order chi connectivity index (χ1) is 10.1. The number of anilines is 1. The minimum Gasteiger partial charge on any atom is -0.480 e. The average molecular weight is 352 g/mol. The lowest BCUT2D eigenvalue weighted by Crippen LogP contribution is -2.20. The van der Waals surface area contributed by atoms with Gasteiger partial charge in [0.05, 0.1) is 5.56 Å². The predicted octanol–water partition coefficient (Wildman–Crippen LogP) is 3.42. The summed E-state index contributed by atoms with van der Waals surface area (Å²) in [6.07, 6.45) is 0.477. The third-order valence-electron chi connectivity index (χ3n) is 2.60. The zero-order valence-corrected chi connectivity index (χ0v) is 12.4. The highest BCUT2D eigenvalue weighted by Crippen LogP contribution is 2.21. The van der Waals surface area contributed by atoms with Crippen molar-refractivity contribution in [1.82, 2.24) is 0 Å². The van der Waals surface area contributed by atoms with Gasteiger partial charge >= 0.3 is 0 Å². The molecule has 0 unspecified atom stereocenters. The van der Waals surface area contributed by atoms with E-state index in [0.29, 0.717) is 12.0 Å². The molecule has 0 aliphatic carbocycles. The summed E-state index contributed by atoms with van der Waals surface area (Å²) >= 11 is 3.28. The van der Waals surface area contributed by atoms with Gasteiger partial charge in [0.15, 0.2) is 24.5 Å². The maximum atomic E-state index is 13.5. The number of rotatable bonds is 5. The molecule has 1 N–H and O–H groups in total. The van der Waals surface area contributed by atoms with E-state index in [-0.39, 0.29) is 11.3 Å². The van der Waals surface area contributed by atoms with Crippen LogP contribution in [0, 0.1) is 5.82 Å². The van der Waals surface area contributed by atoms with E-state index >= 15 is 0 Å². The van der Waals surface area contributed by atoms with Crippen LogP contribution < -0.4 is 10.1 Å². The topological polar surface area (TPSA) is 55.4 Å². The van der Waals surface area contributed by atoms with Gasteiger partial charge in [-0.25, -0.2) is 4.39 Å². The summed E-state index contributed by atoms with van der Waals surface area (Å²) in [6.45, 7) is -0.391. The number of hydrogen-bond donors (Lipinski definition) is 1. The van der Waals surface area contributed by atoms with Crippen LogP contribution in [0.3, 0.4) is 0 Å². The number of ether oxygens (including phenoxy) is 1. The molecular formula is C15H11BrFNO3. The number of nitrogens with one attached hydrogen (secondary N) is 1. The Labute approximate surface area is 129 Å². The Morgan fingerprint density at radius 3 is 2.62 bits per heavy atom. The quantitative estimate of drug-likeness (QED) is 0.839. The van der Waals surface area contributed by atoms with E-state index in [4.69, 9.17) is 4.74 Å². The van der Waals surface area contributed by atoms with Crippen molar-refractivity contribution in [2.45, 2.75) is 0 Å². The molecule has 2 rings (SSSR count). The van der Waals surface area contributed by atoms with Gasteiger partial charge in [0.25, 0.3) is 5.91 Å². The molecule has 0 aliphatic rings. The molecular weight excluding hydrogens is 341 g/mol. The maximum absolute atomic E-state index is 13.5. The van der Waals surface area contributed by atoms with Crippen molar-refractivity contribution < 1.29 is 18.7 Å². The average Bonchev–Trinajstić information content (AvgIpc) is 2.48. The second kappa shape index (κ2) is 6.99. The van der Waals surface area contributed by atoms with Gasteiger partial charge in [-0.3, -0.25) is 9.59 Å². The summed E-state index contributed by atoms with van der Waals surface area (Å²) in [7, 11) is 0. The molecule has 0 spiro atoms. The van der Waals surface area contributed by atoms with Gasteiger partial charge in [-0.1, -0.05) is 22.0 Å². The SMILES string of the molecule is O=Cc1cccc(F)c1OCC(=O)Nc1ccc(Br)cc1. The second-order valence-corrected chi connectivity index (χ2v) is 5.04. The number of carbonyl (C=O) groups is 2. The minimum atomic E-state index is -0.684. The van der Waals surface area contributed by atoms with Crippen molar-refractivity contribution in [3.05, 3.63) is 58.3 Å².